The number of aryl methyl sites for hydroxylation is 2. The molecule has 0 saturated carbocycles. The first kappa shape index (κ1) is 13.2. The van der Waals surface area contributed by atoms with E-state index >= 15 is 0 Å². The highest BCUT2D eigenvalue weighted by Crippen LogP contribution is 2.22. The minimum Gasteiger partial charge on any atom is -0.477 e. The molecule has 0 aliphatic heterocycles. The molecular formula is C15H12FN3O2. The lowest BCUT2D eigenvalue weighted by Gasteiger charge is -2.05. The number of aromatic carboxylic acids is 1. The van der Waals surface area contributed by atoms with Crippen LogP contribution >= 0.6 is 0 Å². The minimum absolute atomic E-state index is 0.0236. The maximum Gasteiger partial charge on any atom is 0.354 e. The van der Waals surface area contributed by atoms with E-state index in [0.717, 1.165) is 11.3 Å². The number of carbonyl (C=O) groups is 1. The summed E-state index contributed by atoms with van der Waals surface area (Å²) in [7, 11) is 0. The zero-order valence-corrected chi connectivity index (χ0v) is 11.5. The van der Waals surface area contributed by atoms with Crippen molar-refractivity contribution in [2.75, 3.05) is 0 Å². The molecular weight excluding hydrogens is 273 g/mol. The standard InChI is InChI=1S/C15H12FN3O2/c1-8-9(2)18-19-13(15(20)21)7-12(17-14(8)19)10-3-5-11(16)6-4-10/h3-7H,1-2H3,(H,20,21). The third-order valence-corrected chi connectivity index (χ3v) is 3.42. The first-order valence-corrected chi connectivity index (χ1v) is 6.33. The molecule has 5 nitrogen and oxygen atoms in total. The molecule has 0 atom stereocenters. The lowest BCUT2D eigenvalue weighted by atomic mass is 10.1. The van der Waals surface area contributed by atoms with E-state index in [2.05, 4.69) is 10.1 Å². The summed E-state index contributed by atoms with van der Waals surface area (Å²) in [5, 5.41) is 13.5. The first-order valence-electron chi connectivity index (χ1n) is 6.33. The zero-order valence-electron chi connectivity index (χ0n) is 11.5. The van der Waals surface area contributed by atoms with E-state index in [1.165, 1.54) is 22.7 Å². The molecule has 106 valence electrons. The zero-order chi connectivity index (χ0) is 15.1. The molecule has 2 heterocycles. The summed E-state index contributed by atoms with van der Waals surface area (Å²) in [5.74, 6) is -1.44. The molecule has 0 aliphatic rings. The third-order valence-electron chi connectivity index (χ3n) is 3.42. The minimum atomic E-state index is -1.09. The van der Waals surface area contributed by atoms with E-state index in [4.69, 9.17) is 0 Å². The molecule has 0 spiro atoms. The van der Waals surface area contributed by atoms with Crippen LogP contribution in [0.3, 0.4) is 0 Å². The van der Waals surface area contributed by atoms with E-state index in [1.54, 1.807) is 19.1 Å². The number of carboxylic acids is 1. The second-order valence-corrected chi connectivity index (χ2v) is 4.78. The molecule has 6 heteroatoms. The Morgan fingerprint density at radius 1 is 1.24 bits per heavy atom. The average molecular weight is 285 g/mol. The van der Waals surface area contributed by atoms with Gasteiger partial charge in [0.2, 0.25) is 0 Å². The Labute approximate surface area is 119 Å². The lowest BCUT2D eigenvalue weighted by Crippen LogP contribution is -2.08. The molecule has 0 fully saturated rings. The summed E-state index contributed by atoms with van der Waals surface area (Å²) < 4.78 is 14.3. The number of halogens is 1. The molecule has 1 N–H and O–H groups in total. The molecule has 3 rings (SSSR count). The second kappa shape index (κ2) is 4.66. The molecule has 0 saturated heterocycles. The van der Waals surface area contributed by atoms with Gasteiger partial charge in [0.15, 0.2) is 11.3 Å². The number of benzene rings is 1. The van der Waals surface area contributed by atoms with Crippen LogP contribution in [0.1, 0.15) is 21.7 Å². The highest BCUT2D eigenvalue weighted by Gasteiger charge is 2.17. The van der Waals surface area contributed by atoms with Crippen LogP contribution in [-0.4, -0.2) is 25.7 Å². The summed E-state index contributed by atoms with van der Waals surface area (Å²) in [6, 6.07) is 7.21. The number of carboxylic acid groups (broad SMARTS) is 1. The topological polar surface area (TPSA) is 67.5 Å². The van der Waals surface area contributed by atoms with E-state index in [9.17, 15) is 14.3 Å². The highest BCUT2D eigenvalue weighted by atomic mass is 19.1. The summed E-state index contributed by atoms with van der Waals surface area (Å²) in [6.07, 6.45) is 0. The molecule has 3 aromatic rings. The van der Waals surface area contributed by atoms with Crippen molar-refractivity contribution < 1.29 is 14.3 Å². The van der Waals surface area contributed by atoms with E-state index in [0.29, 0.717) is 16.9 Å². The van der Waals surface area contributed by atoms with Gasteiger partial charge in [-0.1, -0.05) is 0 Å². The van der Waals surface area contributed by atoms with Crippen LogP contribution in [0.15, 0.2) is 30.3 Å². The molecule has 2 aromatic heterocycles. The van der Waals surface area contributed by atoms with Gasteiger partial charge in [-0.05, 0) is 44.2 Å². The Kier molecular flexibility index (Phi) is 2.94. The second-order valence-electron chi connectivity index (χ2n) is 4.78. The fraction of sp³-hybridized carbons (Fsp3) is 0.133. The summed E-state index contributed by atoms with van der Waals surface area (Å²) in [6.45, 7) is 3.64. The number of hydrogen-bond acceptors (Lipinski definition) is 3. The van der Waals surface area contributed by atoms with E-state index < -0.39 is 5.97 Å². The largest absolute Gasteiger partial charge is 0.477 e. The van der Waals surface area contributed by atoms with Gasteiger partial charge in [0, 0.05) is 11.1 Å². The molecule has 21 heavy (non-hydrogen) atoms. The van der Waals surface area contributed by atoms with Crippen molar-refractivity contribution in [2.24, 2.45) is 0 Å². The van der Waals surface area contributed by atoms with E-state index in [-0.39, 0.29) is 11.5 Å². The van der Waals surface area contributed by atoms with Crippen molar-refractivity contribution >= 4 is 11.6 Å². The maximum atomic E-state index is 13.0. The van der Waals surface area contributed by atoms with Gasteiger partial charge in [0.25, 0.3) is 0 Å². The van der Waals surface area contributed by atoms with Crippen LogP contribution in [0.25, 0.3) is 16.9 Å². The van der Waals surface area contributed by atoms with Crippen molar-refractivity contribution in [2.45, 2.75) is 13.8 Å². The summed E-state index contributed by atoms with van der Waals surface area (Å²) in [4.78, 5) is 15.9. The number of hydrogen-bond donors (Lipinski definition) is 1. The van der Waals surface area contributed by atoms with E-state index in [1.807, 2.05) is 6.92 Å². The quantitative estimate of drug-likeness (QED) is 0.786. The number of fused-ring (bicyclic) bond motifs is 1. The Hall–Kier alpha value is -2.76. The third kappa shape index (κ3) is 2.14. The average Bonchev–Trinajstić information content (AvgIpc) is 2.74. The lowest BCUT2D eigenvalue weighted by molar-refractivity contribution is 0.0687. The van der Waals surface area contributed by atoms with Crippen LogP contribution in [0.4, 0.5) is 4.39 Å². The van der Waals surface area contributed by atoms with Gasteiger partial charge >= 0.3 is 5.97 Å². The van der Waals surface area contributed by atoms with Crippen molar-refractivity contribution in [3.8, 4) is 11.3 Å². The molecule has 0 radical (unpaired) electrons. The highest BCUT2D eigenvalue weighted by molar-refractivity contribution is 5.88. The molecule has 0 unspecified atom stereocenters. The number of aromatic nitrogens is 3. The van der Waals surface area contributed by atoms with Gasteiger partial charge in [-0.3, -0.25) is 0 Å². The predicted molar refractivity (Wildman–Crippen MR) is 74.8 cm³/mol. The SMILES string of the molecule is Cc1nn2c(C(=O)O)cc(-c3ccc(F)cc3)nc2c1C. The van der Waals surface area contributed by atoms with Crippen molar-refractivity contribution in [1.82, 2.24) is 14.6 Å². The first-order chi connectivity index (χ1) is 9.97. The van der Waals surface area contributed by atoms with Crippen LogP contribution in [0, 0.1) is 19.7 Å². The Morgan fingerprint density at radius 2 is 1.90 bits per heavy atom. The smallest absolute Gasteiger partial charge is 0.354 e. The van der Waals surface area contributed by atoms with Gasteiger partial charge in [-0.25, -0.2) is 18.7 Å². The fourth-order valence-corrected chi connectivity index (χ4v) is 2.15. The van der Waals surface area contributed by atoms with Crippen molar-refractivity contribution in [1.29, 1.82) is 0 Å². The van der Waals surface area contributed by atoms with Crippen LogP contribution in [0.2, 0.25) is 0 Å². The Morgan fingerprint density at radius 3 is 2.52 bits per heavy atom. The predicted octanol–water partition coefficient (Wildman–Crippen LogP) is 2.85. The summed E-state index contributed by atoms with van der Waals surface area (Å²) in [5.41, 5.74) is 3.19. The molecule has 1 aromatic carbocycles. The van der Waals surface area contributed by atoms with Gasteiger partial charge in [0.05, 0.1) is 11.4 Å². The van der Waals surface area contributed by atoms with Crippen molar-refractivity contribution in [3.63, 3.8) is 0 Å². The Balaban J connectivity index is 2.31. The van der Waals surface area contributed by atoms with Gasteiger partial charge in [-0.15, -0.1) is 0 Å². The van der Waals surface area contributed by atoms with Crippen LogP contribution < -0.4 is 0 Å². The summed E-state index contributed by atoms with van der Waals surface area (Å²) >= 11 is 0. The van der Waals surface area contributed by atoms with Crippen LogP contribution in [-0.2, 0) is 0 Å². The number of rotatable bonds is 2. The maximum absolute atomic E-state index is 13.0. The van der Waals surface area contributed by atoms with Crippen molar-refractivity contribution in [3.05, 3.63) is 53.1 Å². The molecule has 0 bridgehead atoms. The van der Waals surface area contributed by atoms with Gasteiger partial charge < -0.3 is 5.11 Å². The normalized spacial score (nSPS) is 11.0. The number of nitrogens with zero attached hydrogens (tertiary/aromatic N) is 3. The van der Waals surface area contributed by atoms with Gasteiger partial charge in [0.1, 0.15) is 5.82 Å². The monoisotopic (exact) mass is 285 g/mol. The molecule has 0 aliphatic carbocycles. The Bertz CT molecular complexity index is 853. The van der Waals surface area contributed by atoms with Gasteiger partial charge in [-0.2, -0.15) is 5.10 Å². The molecule has 0 amide bonds. The fourth-order valence-electron chi connectivity index (χ4n) is 2.15. The van der Waals surface area contributed by atoms with Crippen LogP contribution in [0.5, 0.6) is 0 Å².